The van der Waals surface area contributed by atoms with E-state index in [9.17, 15) is 5.26 Å². The largest absolute Gasteiger partial charge is 0.497 e. The van der Waals surface area contributed by atoms with Gasteiger partial charge in [0, 0.05) is 33.8 Å². The summed E-state index contributed by atoms with van der Waals surface area (Å²) in [6.45, 7) is 0. The van der Waals surface area contributed by atoms with Crippen molar-refractivity contribution >= 4 is 16.7 Å². The van der Waals surface area contributed by atoms with E-state index in [1.54, 1.807) is 40.6 Å². The number of anilines is 1. The summed E-state index contributed by atoms with van der Waals surface area (Å²) in [6.07, 6.45) is 1.85. The monoisotopic (exact) mass is 430 g/mol. The lowest BCUT2D eigenvalue weighted by atomic mass is 9.97. The van der Waals surface area contributed by atoms with E-state index in [4.69, 9.17) is 24.7 Å². The van der Waals surface area contributed by atoms with Crippen molar-refractivity contribution in [2.45, 2.75) is 0 Å². The molecule has 0 bridgehead atoms. The molecule has 0 saturated heterocycles. The van der Waals surface area contributed by atoms with Crippen LogP contribution in [0.2, 0.25) is 0 Å². The molecule has 0 atom stereocenters. The number of pyridine rings is 1. The number of rotatable bonds is 6. The number of fused-ring (bicyclic) bond motifs is 1. The maximum atomic E-state index is 9.80. The van der Waals surface area contributed by atoms with Gasteiger partial charge in [-0.15, -0.1) is 0 Å². The van der Waals surface area contributed by atoms with Gasteiger partial charge in [-0.3, -0.25) is 0 Å². The van der Waals surface area contributed by atoms with E-state index in [0.717, 1.165) is 16.5 Å². The lowest BCUT2D eigenvalue weighted by Gasteiger charge is -2.15. The van der Waals surface area contributed by atoms with E-state index in [2.05, 4.69) is 16.0 Å². The van der Waals surface area contributed by atoms with Crippen LogP contribution in [0.5, 0.6) is 23.0 Å². The fourth-order valence-corrected chi connectivity index (χ4v) is 3.72. The van der Waals surface area contributed by atoms with Crippen molar-refractivity contribution in [3.63, 3.8) is 0 Å². The molecule has 0 fully saturated rings. The molecule has 2 aromatic carbocycles. The molecule has 2 heterocycles. The molecule has 3 N–H and O–H groups in total. The van der Waals surface area contributed by atoms with Crippen molar-refractivity contribution < 1.29 is 18.9 Å². The predicted octanol–water partition coefficient (Wildman–Crippen LogP) is 4.39. The topological polar surface area (TPSA) is 115 Å². The average Bonchev–Trinajstić information content (AvgIpc) is 3.25. The zero-order valence-corrected chi connectivity index (χ0v) is 18.1. The van der Waals surface area contributed by atoms with Gasteiger partial charge in [0.05, 0.1) is 34.1 Å². The van der Waals surface area contributed by atoms with Crippen molar-refractivity contribution in [3.05, 3.63) is 48.2 Å². The minimum atomic E-state index is 0.131. The molecule has 4 aromatic rings. The van der Waals surface area contributed by atoms with Gasteiger partial charge < -0.3 is 29.7 Å². The van der Waals surface area contributed by atoms with Crippen LogP contribution in [0.3, 0.4) is 0 Å². The van der Waals surface area contributed by atoms with E-state index in [-0.39, 0.29) is 5.82 Å². The first-order valence-electron chi connectivity index (χ1n) is 9.71. The molecule has 0 amide bonds. The summed E-state index contributed by atoms with van der Waals surface area (Å²) in [7, 11) is 6.25. The standard InChI is InChI=1S/C24H22N4O4/c1-29-14-5-6-19-16(9-14)18(12-27-19)15-10-20(28-24(26)17(15)11-25)13-7-21(30-2)23(32-4)22(8-13)31-3/h5-10,12,27H,1-4H3,(H2,26,28). The Morgan fingerprint density at radius 3 is 2.22 bits per heavy atom. The van der Waals surface area contributed by atoms with Crippen LogP contribution in [-0.2, 0) is 0 Å². The summed E-state index contributed by atoms with van der Waals surface area (Å²) < 4.78 is 21.7. The number of benzene rings is 2. The van der Waals surface area contributed by atoms with Crippen LogP contribution in [0.15, 0.2) is 42.6 Å². The zero-order valence-electron chi connectivity index (χ0n) is 18.1. The molecule has 0 unspecified atom stereocenters. The molecule has 0 aliphatic heterocycles. The summed E-state index contributed by atoms with van der Waals surface area (Å²) in [5, 5.41) is 10.7. The second kappa shape index (κ2) is 8.40. The Labute approximate surface area is 185 Å². The van der Waals surface area contributed by atoms with Gasteiger partial charge in [0.2, 0.25) is 5.75 Å². The van der Waals surface area contributed by atoms with Crippen molar-refractivity contribution in [1.29, 1.82) is 5.26 Å². The van der Waals surface area contributed by atoms with Crippen LogP contribution in [0, 0.1) is 11.3 Å². The van der Waals surface area contributed by atoms with Crippen LogP contribution in [0.4, 0.5) is 5.82 Å². The molecule has 0 spiro atoms. The van der Waals surface area contributed by atoms with E-state index in [1.165, 1.54) is 0 Å². The summed E-state index contributed by atoms with van der Waals surface area (Å²) >= 11 is 0. The predicted molar refractivity (Wildman–Crippen MR) is 122 cm³/mol. The molecule has 0 radical (unpaired) electrons. The Balaban J connectivity index is 1.97. The van der Waals surface area contributed by atoms with Gasteiger partial charge >= 0.3 is 0 Å². The van der Waals surface area contributed by atoms with Crippen LogP contribution in [-0.4, -0.2) is 38.4 Å². The fraction of sp³-hybridized carbons (Fsp3) is 0.167. The highest BCUT2D eigenvalue weighted by Crippen LogP contribution is 2.42. The first-order chi connectivity index (χ1) is 15.5. The SMILES string of the molecule is COc1ccc2[nH]cc(-c3cc(-c4cc(OC)c(OC)c(OC)c4)nc(N)c3C#N)c2c1. The minimum absolute atomic E-state index is 0.131. The molecule has 8 heteroatoms. The highest BCUT2D eigenvalue weighted by Gasteiger charge is 2.19. The van der Waals surface area contributed by atoms with Crippen molar-refractivity contribution in [2.24, 2.45) is 0 Å². The summed E-state index contributed by atoms with van der Waals surface area (Å²) in [5.41, 5.74) is 10.2. The quantitative estimate of drug-likeness (QED) is 0.466. The van der Waals surface area contributed by atoms with E-state index in [1.807, 2.05) is 30.5 Å². The molecule has 0 aliphatic rings. The smallest absolute Gasteiger partial charge is 0.203 e. The summed E-state index contributed by atoms with van der Waals surface area (Å²) in [5.74, 6) is 2.30. The van der Waals surface area contributed by atoms with Gasteiger partial charge in [0.1, 0.15) is 23.2 Å². The normalized spacial score (nSPS) is 10.6. The van der Waals surface area contributed by atoms with Crippen LogP contribution in [0.25, 0.3) is 33.3 Å². The molecular formula is C24H22N4O4. The van der Waals surface area contributed by atoms with Gasteiger partial charge in [-0.1, -0.05) is 0 Å². The summed E-state index contributed by atoms with van der Waals surface area (Å²) in [6, 6.07) is 13.3. The zero-order chi connectivity index (χ0) is 22.8. The molecule has 0 saturated carbocycles. The number of aromatic nitrogens is 2. The van der Waals surface area contributed by atoms with Gasteiger partial charge in [-0.2, -0.15) is 5.26 Å². The van der Waals surface area contributed by atoms with Crippen molar-refractivity contribution in [3.8, 4) is 51.5 Å². The molecule has 0 aliphatic carbocycles. The third-order valence-electron chi connectivity index (χ3n) is 5.30. The molecule has 4 rings (SSSR count). The lowest BCUT2D eigenvalue weighted by Crippen LogP contribution is -2.01. The number of aromatic amines is 1. The highest BCUT2D eigenvalue weighted by atomic mass is 16.5. The molecule has 32 heavy (non-hydrogen) atoms. The first kappa shape index (κ1) is 20.9. The van der Waals surface area contributed by atoms with Gasteiger partial charge in [0.15, 0.2) is 11.5 Å². The van der Waals surface area contributed by atoms with E-state index in [0.29, 0.717) is 45.4 Å². The highest BCUT2D eigenvalue weighted by molar-refractivity contribution is 5.99. The second-order valence-corrected chi connectivity index (χ2v) is 6.95. The Kier molecular flexibility index (Phi) is 5.48. The molecule has 162 valence electrons. The van der Waals surface area contributed by atoms with Crippen molar-refractivity contribution in [2.75, 3.05) is 34.2 Å². The number of nitrogens with zero attached hydrogens (tertiary/aromatic N) is 2. The molecular weight excluding hydrogens is 408 g/mol. The second-order valence-electron chi connectivity index (χ2n) is 6.95. The maximum absolute atomic E-state index is 9.80. The number of nitrogens with two attached hydrogens (primary N) is 1. The number of ether oxygens (including phenoxy) is 4. The Bertz CT molecular complexity index is 1330. The number of nitrogen functional groups attached to an aromatic ring is 1. The number of nitrogens with one attached hydrogen (secondary N) is 1. The van der Waals surface area contributed by atoms with Crippen molar-refractivity contribution in [1.82, 2.24) is 9.97 Å². The average molecular weight is 430 g/mol. The number of hydrogen-bond acceptors (Lipinski definition) is 7. The van der Waals surface area contributed by atoms with E-state index >= 15 is 0 Å². The van der Waals surface area contributed by atoms with Crippen LogP contribution in [0.1, 0.15) is 5.56 Å². The van der Waals surface area contributed by atoms with Crippen LogP contribution >= 0.6 is 0 Å². The Morgan fingerprint density at radius 2 is 1.62 bits per heavy atom. The third kappa shape index (κ3) is 3.40. The lowest BCUT2D eigenvalue weighted by molar-refractivity contribution is 0.324. The first-order valence-corrected chi connectivity index (χ1v) is 9.71. The maximum Gasteiger partial charge on any atom is 0.203 e. The van der Waals surface area contributed by atoms with E-state index < -0.39 is 0 Å². The molecule has 2 aromatic heterocycles. The third-order valence-corrected chi connectivity index (χ3v) is 5.30. The fourth-order valence-electron chi connectivity index (χ4n) is 3.72. The van der Waals surface area contributed by atoms with Crippen LogP contribution < -0.4 is 24.7 Å². The number of hydrogen-bond donors (Lipinski definition) is 2. The number of H-pyrrole nitrogens is 1. The summed E-state index contributed by atoms with van der Waals surface area (Å²) in [4.78, 5) is 7.71. The van der Waals surface area contributed by atoms with Gasteiger partial charge in [-0.25, -0.2) is 4.98 Å². The minimum Gasteiger partial charge on any atom is -0.497 e. The number of methoxy groups -OCH3 is 4. The Morgan fingerprint density at radius 1 is 0.906 bits per heavy atom. The van der Waals surface area contributed by atoms with Gasteiger partial charge in [0.25, 0.3) is 0 Å². The molecule has 8 nitrogen and oxygen atoms in total. The Hall–Kier alpha value is -4.38. The number of nitriles is 1. The van der Waals surface area contributed by atoms with Gasteiger partial charge in [-0.05, 0) is 36.4 Å².